The lowest BCUT2D eigenvalue weighted by atomic mass is 10.0. The van der Waals surface area contributed by atoms with Gasteiger partial charge in [0.25, 0.3) is 11.8 Å². The number of ether oxygens (including phenoxy) is 1. The van der Waals surface area contributed by atoms with Gasteiger partial charge in [-0.25, -0.2) is 9.78 Å². The highest BCUT2D eigenvalue weighted by atomic mass is 32.2. The number of nitrogens with one attached hydrogen (secondary N) is 3. The molecule has 1 saturated carbocycles. The third kappa shape index (κ3) is 7.48. The second-order valence-electron chi connectivity index (χ2n) is 11.2. The molecule has 1 aliphatic heterocycles. The Kier molecular flexibility index (Phi) is 8.83. The van der Waals surface area contributed by atoms with Gasteiger partial charge >= 0.3 is 6.09 Å². The second-order valence-corrected chi connectivity index (χ2v) is 13.0. The van der Waals surface area contributed by atoms with E-state index < -0.39 is 29.7 Å². The summed E-state index contributed by atoms with van der Waals surface area (Å²) in [6.07, 6.45) is 1.34. The first-order valence-corrected chi connectivity index (χ1v) is 15.7. The summed E-state index contributed by atoms with van der Waals surface area (Å²) in [7, 11) is 0. The van der Waals surface area contributed by atoms with Crippen LogP contribution in [0.25, 0.3) is 11.3 Å². The van der Waals surface area contributed by atoms with Crippen LogP contribution in [-0.2, 0) is 14.3 Å². The molecule has 0 radical (unpaired) electrons. The van der Waals surface area contributed by atoms with Gasteiger partial charge in [-0.2, -0.15) is 0 Å². The number of aromatic nitrogens is 1. The summed E-state index contributed by atoms with van der Waals surface area (Å²) in [6.45, 7) is 5.24. The number of nitrogens with zero attached hydrogens (tertiary/aromatic N) is 2. The Morgan fingerprint density at radius 3 is 2.40 bits per heavy atom. The monoisotopic (exact) mass is 607 g/mol. The Balaban J connectivity index is 1.25. The van der Waals surface area contributed by atoms with E-state index in [1.54, 1.807) is 57.2 Å². The third-order valence-corrected chi connectivity index (χ3v) is 8.37. The minimum absolute atomic E-state index is 0.0837. The molecule has 10 nitrogen and oxygen atoms in total. The zero-order chi connectivity index (χ0) is 29.9. The number of alkyl carbamates (subject to hydrolysis) is 1. The molecule has 4 amide bonds. The average molecular weight is 608 g/mol. The van der Waals surface area contributed by atoms with Crippen molar-refractivity contribution in [2.24, 2.45) is 0 Å². The summed E-state index contributed by atoms with van der Waals surface area (Å²) in [5.74, 6) is -0.123. The fourth-order valence-corrected chi connectivity index (χ4v) is 6.23. The Hall–Kier alpha value is -3.90. The van der Waals surface area contributed by atoms with Crippen molar-refractivity contribution in [3.8, 4) is 11.3 Å². The van der Waals surface area contributed by atoms with Crippen molar-refractivity contribution in [3.63, 3.8) is 0 Å². The molecule has 0 spiro atoms. The maximum atomic E-state index is 13.8. The molecule has 1 aromatic heterocycles. The first-order valence-electron chi connectivity index (χ1n) is 13.7. The van der Waals surface area contributed by atoms with E-state index in [2.05, 4.69) is 20.9 Å². The molecule has 1 unspecified atom stereocenters. The maximum absolute atomic E-state index is 13.8. The highest BCUT2D eigenvalue weighted by Crippen LogP contribution is 2.29. The van der Waals surface area contributed by atoms with Gasteiger partial charge in [0.15, 0.2) is 5.13 Å². The molecule has 2 aliphatic rings. The van der Waals surface area contributed by atoms with Gasteiger partial charge in [-0.1, -0.05) is 42.5 Å². The van der Waals surface area contributed by atoms with E-state index in [-0.39, 0.29) is 17.9 Å². The van der Waals surface area contributed by atoms with Gasteiger partial charge in [0, 0.05) is 28.3 Å². The number of carbonyl (C=O) groups excluding carboxylic acids is 4. The molecule has 2 fully saturated rings. The van der Waals surface area contributed by atoms with E-state index >= 15 is 0 Å². The summed E-state index contributed by atoms with van der Waals surface area (Å²) < 4.78 is 5.40. The topological polar surface area (TPSA) is 130 Å². The summed E-state index contributed by atoms with van der Waals surface area (Å²) in [4.78, 5) is 58.0. The van der Waals surface area contributed by atoms with Crippen LogP contribution < -0.4 is 16.0 Å². The molecular formula is C30H33N5O5S2. The van der Waals surface area contributed by atoms with Gasteiger partial charge in [0.05, 0.1) is 11.6 Å². The van der Waals surface area contributed by atoms with E-state index in [0.29, 0.717) is 33.6 Å². The largest absolute Gasteiger partial charge is 0.444 e. The van der Waals surface area contributed by atoms with Crippen LogP contribution in [0.15, 0.2) is 60.0 Å². The number of thioether (sulfide) groups is 1. The van der Waals surface area contributed by atoms with Gasteiger partial charge in [-0.15, -0.1) is 23.1 Å². The van der Waals surface area contributed by atoms with Crippen molar-refractivity contribution in [2.45, 2.75) is 57.3 Å². The molecule has 2 atom stereocenters. The van der Waals surface area contributed by atoms with Gasteiger partial charge in [-0.05, 0) is 51.3 Å². The van der Waals surface area contributed by atoms with Gasteiger partial charge in [0.2, 0.25) is 5.91 Å². The first kappa shape index (κ1) is 29.6. The molecule has 220 valence electrons. The van der Waals surface area contributed by atoms with Crippen LogP contribution in [0.1, 0.15) is 55.6 Å². The minimum atomic E-state index is -1.02. The van der Waals surface area contributed by atoms with Crippen LogP contribution in [-0.4, -0.2) is 63.0 Å². The van der Waals surface area contributed by atoms with Crippen molar-refractivity contribution >= 4 is 52.0 Å². The number of carbonyl (C=O) groups is 4. The van der Waals surface area contributed by atoms with Crippen LogP contribution in [0.5, 0.6) is 0 Å². The lowest BCUT2D eigenvalue weighted by molar-refractivity contribution is -0.138. The van der Waals surface area contributed by atoms with E-state index in [0.717, 1.165) is 18.4 Å². The summed E-state index contributed by atoms with van der Waals surface area (Å²) in [5, 5.41) is 10.7. The Morgan fingerprint density at radius 1 is 1.02 bits per heavy atom. The lowest BCUT2D eigenvalue weighted by Crippen LogP contribution is -2.50. The highest BCUT2D eigenvalue weighted by Gasteiger charge is 2.39. The fourth-order valence-electron chi connectivity index (χ4n) is 4.34. The van der Waals surface area contributed by atoms with Crippen molar-refractivity contribution in [1.82, 2.24) is 20.5 Å². The second kappa shape index (κ2) is 12.5. The van der Waals surface area contributed by atoms with Gasteiger partial charge in [0.1, 0.15) is 17.7 Å². The zero-order valence-corrected chi connectivity index (χ0v) is 25.2. The molecule has 3 N–H and O–H groups in total. The molecular weight excluding hydrogens is 574 g/mol. The molecule has 1 aliphatic carbocycles. The molecule has 2 heterocycles. The van der Waals surface area contributed by atoms with Crippen LogP contribution in [0, 0.1) is 0 Å². The molecule has 3 aromatic rings. The zero-order valence-electron chi connectivity index (χ0n) is 23.6. The maximum Gasteiger partial charge on any atom is 0.408 e. The number of anilines is 1. The number of hydrogen-bond acceptors (Lipinski definition) is 8. The highest BCUT2D eigenvalue weighted by molar-refractivity contribution is 7.99. The number of amides is 4. The Bertz CT molecular complexity index is 1450. The number of benzene rings is 2. The van der Waals surface area contributed by atoms with E-state index in [1.165, 1.54) is 28.0 Å². The van der Waals surface area contributed by atoms with Crippen LogP contribution in [0.4, 0.5) is 9.93 Å². The normalized spacial score (nSPS) is 17.3. The van der Waals surface area contributed by atoms with Crippen molar-refractivity contribution in [2.75, 3.05) is 16.9 Å². The SMILES string of the molecule is CC(C)(C)OC(=O)N[C@@H](C(=O)N1CSCC1C(=O)Nc1nc(-c2ccc(C(=O)NC3CC3)cc2)cs1)c1ccccc1. The quantitative estimate of drug-likeness (QED) is 0.335. The van der Waals surface area contributed by atoms with Crippen molar-refractivity contribution < 1.29 is 23.9 Å². The van der Waals surface area contributed by atoms with Gasteiger partial charge < -0.3 is 25.6 Å². The number of thiazole rings is 1. The van der Waals surface area contributed by atoms with Crippen LogP contribution in [0.2, 0.25) is 0 Å². The summed E-state index contributed by atoms with van der Waals surface area (Å²) in [6, 6.07) is 14.6. The third-order valence-electron chi connectivity index (χ3n) is 6.60. The lowest BCUT2D eigenvalue weighted by Gasteiger charge is -2.29. The van der Waals surface area contributed by atoms with E-state index in [9.17, 15) is 19.2 Å². The summed E-state index contributed by atoms with van der Waals surface area (Å²) in [5.41, 5.74) is 1.93. The predicted molar refractivity (Wildman–Crippen MR) is 163 cm³/mol. The Labute approximate surface area is 252 Å². The fraction of sp³-hybridized carbons (Fsp3) is 0.367. The van der Waals surface area contributed by atoms with E-state index in [1.807, 2.05) is 23.6 Å². The van der Waals surface area contributed by atoms with Crippen LogP contribution in [0.3, 0.4) is 0 Å². The van der Waals surface area contributed by atoms with Crippen LogP contribution >= 0.6 is 23.1 Å². The number of hydrogen-bond donors (Lipinski definition) is 3. The Morgan fingerprint density at radius 2 is 1.74 bits per heavy atom. The van der Waals surface area contributed by atoms with E-state index in [4.69, 9.17) is 4.74 Å². The molecule has 12 heteroatoms. The average Bonchev–Trinajstić information content (AvgIpc) is 3.42. The first-order chi connectivity index (χ1) is 20.1. The van der Waals surface area contributed by atoms with Crippen molar-refractivity contribution in [3.05, 3.63) is 71.1 Å². The molecule has 42 heavy (non-hydrogen) atoms. The van der Waals surface area contributed by atoms with Crippen molar-refractivity contribution in [1.29, 1.82) is 0 Å². The molecule has 2 aromatic carbocycles. The standard InChI is InChI=1S/C30H33N5O5S2/c1-30(2,3)40-29(39)33-24(19-7-5-4-6-8-19)27(38)35-17-41-16-23(35)26(37)34-28-32-22(15-42-28)18-9-11-20(12-10-18)25(36)31-21-13-14-21/h4-12,15,21,23-24H,13-14,16-17H2,1-3H3,(H,31,36)(H,33,39)(H,32,34,37)/t23?,24-/m1/s1. The number of rotatable bonds is 8. The smallest absolute Gasteiger partial charge is 0.408 e. The molecule has 1 saturated heterocycles. The minimum Gasteiger partial charge on any atom is -0.444 e. The molecule has 0 bridgehead atoms. The summed E-state index contributed by atoms with van der Waals surface area (Å²) >= 11 is 2.74. The van der Waals surface area contributed by atoms with Gasteiger partial charge in [-0.3, -0.25) is 14.4 Å². The predicted octanol–water partition coefficient (Wildman–Crippen LogP) is 4.81. The molecule has 5 rings (SSSR count).